The van der Waals surface area contributed by atoms with E-state index in [1.807, 2.05) is 18.3 Å². The number of carbonyl (C=O) groups excluding carboxylic acids is 1. The maximum Gasteiger partial charge on any atom is 0.228 e. The highest BCUT2D eigenvalue weighted by atomic mass is 32.2. The molecule has 1 amide bonds. The minimum absolute atomic E-state index is 0.258. The molecular weight excluding hydrogens is 430 g/mol. The number of aromatic nitrogens is 2. The summed E-state index contributed by atoms with van der Waals surface area (Å²) < 4.78 is 7.66. The molecule has 1 saturated heterocycles. The molecule has 33 heavy (non-hydrogen) atoms. The molecule has 3 aromatic rings. The van der Waals surface area contributed by atoms with Crippen molar-refractivity contribution in [2.24, 2.45) is 11.7 Å². The summed E-state index contributed by atoms with van der Waals surface area (Å²) in [7, 11) is 0. The first-order valence-corrected chi connectivity index (χ1v) is 12.7. The lowest BCUT2D eigenvalue weighted by Crippen LogP contribution is -2.45. The Kier molecular flexibility index (Phi) is 6.56. The van der Waals surface area contributed by atoms with E-state index in [-0.39, 0.29) is 5.91 Å². The van der Waals surface area contributed by atoms with Crippen LogP contribution in [-0.4, -0.2) is 28.9 Å². The Bertz CT molecular complexity index is 1100. The van der Waals surface area contributed by atoms with Gasteiger partial charge >= 0.3 is 0 Å². The summed E-state index contributed by atoms with van der Waals surface area (Å²) in [6, 6.07) is 19.0. The second kappa shape index (κ2) is 9.74. The minimum Gasteiger partial charge on any atom is -0.381 e. The van der Waals surface area contributed by atoms with Gasteiger partial charge in [-0.15, -0.1) is 0 Å². The number of amides is 1. The maximum atomic E-state index is 12.4. The van der Waals surface area contributed by atoms with Gasteiger partial charge < -0.3 is 10.5 Å². The third-order valence-corrected chi connectivity index (χ3v) is 8.21. The van der Waals surface area contributed by atoms with Crippen molar-refractivity contribution in [3.05, 3.63) is 66.4 Å². The van der Waals surface area contributed by atoms with Gasteiger partial charge in [-0.25, -0.2) is 0 Å². The van der Waals surface area contributed by atoms with E-state index in [1.165, 1.54) is 36.9 Å². The molecule has 1 aromatic heterocycles. The number of benzene rings is 2. The van der Waals surface area contributed by atoms with Gasteiger partial charge in [0.2, 0.25) is 5.91 Å². The first-order valence-electron chi connectivity index (χ1n) is 11.9. The quantitative estimate of drug-likeness (QED) is 0.510. The van der Waals surface area contributed by atoms with E-state index < -0.39 is 5.41 Å². The van der Waals surface area contributed by atoms with Crippen molar-refractivity contribution in [1.29, 1.82) is 0 Å². The van der Waals surface area contributed by atoms with Gasteiger partial charge in [0.25, 0.3) is 0 Å². The maximum absolute atomic E-state index is 12.4. The molecule has 0 bridgehead atoms. The van der Waals surface area contributed by atoms with Gasteiger partial charge in [0.05, 0.1) is 11.1 Å². The lowest BCUT2D eigenvalue weighted by molar-refractivity contribution is -0.127. The molecule has 172 valence electrons. The van der Waals surface area contributed by atoms with Crippen LogP contribution in [0.3, 0.4) is 0 Å². The van der Waals surface area contributed by atoms with E-state index in [2.05, 4.69) is 52.2 Å². The van der Waals surface area contributed by atoms with Crippen LogP contribution in [0.2, 0.25) is 0 Å². The monoisotopic (exact) mass is 461 g/mol. The molecule has 2 aromatic carbocycles. The van der Waals surface area contributed by atoms with E-state index in [0.717, 1.165) is 27.8 Å². The number of primary amides is 1. The Morgan fingerprint density at radius 3 is 2.55 bits per heavy atom. The van der Waals surface area contributed by atoms with Gasteiger partial charge in [0, 0.05) is 35.7 Å². The van der Waals surface area contributed by atoms with E-state index in [9.17, 15) is 4.79 Å². The molecule has 1 aliphatic carbocycles. The second-order valence-electron chi connectivity index (χ2n) is 9.26. The van der Waals surface area contributed by atoms with E-state index >= 15 is 0 Å². The number of carbonyl (C=O) groups is 1. The third-order valence-electron chi connectivity index (χ3n) is 7.21. The van der Waals surface area contributed by atoms with Crippen LogP contribution in [0, 0.1) is 5.92 Å². The van der Waals surface area contributed by atoms with Crippen LogP contribution in [0.4, 0.5) is 0 Å². The highest BCUT2D eigenvalue weighted by molar-refractivity contribution is 7.99. The average Bonchev–Trinajstić information content (AvgIpc) is 3.53. The number of nitrogens with zero attached hydrogens (tertiary/aromatic N) is 2. The third kappa shape index (κ3) is 4.73. The molecule has 0 atom stereocenters. The van der Waals surface area contributed by atoms with Crippen molar-refractivity contribution in [2.75, 3.05) is 13.2 Å². The van der Waals surface area contributed by atoms with Crippen LogP contribution in [0.15, 0.2) is 70.6 Å². The van der Waals surface area contributed by atoms with Crippen LogP contribution in [0.5, 0.6) is 0 Å². The lowest BCUT2D eigenvalue weighted by Gasteiger charge is -2.34. The highest BCUT2D eigenvalue weighted by Crippen LogP contribution is 2.38. The average molecular weight is 462 g/mol. The summed E-state index contributed by atoms with van der Waals surface area (Å²) in [6.45, 7) is 2.15. The van der Waals surface area contributed by atoms with E-state index in [4.69, 9.17) is 10.5 Å². The highest BCUT2D eigenvalue weighted by Gasteiger charge is 2.40. The summed E-state index contributed by atoms with van der Waals surface area (Å²) in [5, 5.41) is 4.59. The molecule has 6 heteroatoms. The van der Waals surface area contributed by atoms with Crippen molar-refractivity contribution in [2.45, 2.75) is 60.3 Å². The van der Waals surface area contributed by atoms with Crippen molar-refractivity contribution in [1.82, 2.24) is 9.78 Å². The zero-order valence-corrected chi connectivity index (χ0v) is 19.7. The zero-order chi connectivity index (χ0) is 22.7. The predicted octanol–water partition coefficient (Wildman–Crippen LogP) is 5.43. The lowest BCUT2D eigenvalue weighted by atomic mass is 9.73. The molecule has 1 saturated carbocycles. The van der Waals surface area contributed by atoms with E-state index in [0.29, 0.717) is 26.1 Å². The summed E-state index contributed by atoms with van der Waals surface area (Å²) in [6.07, 6.45) is 8.52. The number of nitrogens with two attached hydrogens (primary N) is 1. The van der Waals surface area contributed by atoms with Crippen molar-refractivity contribution in [3.8, 4) is 11.3 Å². The van der Waals surface area contributed by atoms with E-state index in [1.54, 1.807) is 11.8 Å². The molecule has 0 radical (unpaired) electrons. The Morgan fingerprint density at radius 1 is 1.06 bits per heavy atom. The molecular formula is C27H31N3O2S. The smallest absolute Gasteiger partial charge is 0.228 e. The fourth-order valence-electron chi connectivity index (χ4n) is 5.25. The molecule has 0 spiro atoms. The summed E-state index contributed by atoms with van der Waals surface area (Å²) in [4.78, 5) is 14.7. The predicted molar refractivity (Wildman–Crippen MR) is 131 cm³/mol. The first-order chi connectivity index (χ1) is 16.1. The fraction of sp³-hybridized carbons (Fsp3) is 0.407. The molecule has 1 aliphatic heterocycles. The van der Waals surface area contributed by atoms with Crippen molar-refractivity contribution < 1.29 is 9.53 Å². The van der Waals surface area contributed by atoms with Gasteiger partial charge in [-0.1, -0.05) is 48.9 Å². The molecule has 5 rings (SSSR count). The van der Waals surface area contributed by atoms with Crippen LogP contribution in [0.1, 0.15) is 44.1 Å². The Hall–Kier alpha value is -2.57. The van der Waals surface area contributed by atoms with Crippen molar-refractivity contribution in [3.63, 3.8) is 0 Å². The molecule has 0 unspecified atom stereocenters. The van der Waals surface area contributed by atoms with Crippen LogP contribution in [-0.2, 0) is 21.5 Å². The summed E-state index contributed by atoms with van der Waals surface area (Å²) in [5.74, 6) is 0.497. The Morgan fingerprint density at radius 2 is 1.82 bits per heavy atom. The largest absolute Gasteiger partial charge is 0.381 e. The Labute approximate surface area is 199 Å². The topological polar surface area (TPSA) is 70.1 Å². The molecule has 2 fully saturated rings. The SMILES string of the molecule is NC(=O)C1(c2cccc(Sc3ccc(-c4ccnn4CC4CCCC4)cc3)c2)CCOCC1. The Balaban J connectivity index is 1.32. The fourth-order valence-corrected chi connectivity index (χ4v) is 6.12. The molecule has 2 N–H and O–H groups in total. The molecule has 2 aliphatic rings. The number of ether oxygens (including phenoxy) is 1. The van der Waals surface area contributed by atoms with Gasteiger partial charge in [-0.2, -0.15) is 5.10 Å². The van der Waals surface area contributed by atoms with Gasteiger partial charge in [0.15, 0.2) is 0 Å². The van der Waals surface area contributed by atoms with Crippen molar-refractivity contribution >= 4 is 17.7 Å². The normalized spacial score (nSPS) is 18.4. The molecule has 2 heterocycles. The zero-order valence-electron chi connectivity index (χ0n) is 18.9. The number of rotatable bonds is 7. The van der Waals surface area contributed by atoms with Crippen LogP contribution in [0.25, 0.3) is 11.3 Å². The number of hydrogen-bond acceptors (Lipinski definition) is 4. The summed E-state index contributed by atoms with van der Waals surface area (Å²) in [5.41, 5.74) is 8.60. The first kappa shape index (κ1) is 22.2. The van der Waals surface area contributed by atoms with Gasteiger partial charge in [-0.3, -0.25) is 9.48 Å². The van der Waals surface area contributed by atoms with Crippen LogP contribution >= 0.6 is 11.8 Å². The number of hydrogen-bond donors (Lipinski definition) is 1. The molecule has 5 nitrogen and oxygen atoms in total. The minimum atomic E-state index is -0.629. The van der Waals surface area contributed by atoms with Gasteiger partial charge in [0.1, 0.15) is 0 Å². The van der Waals surface area contributed by atoms with Crippen LogP contribution < -0.4 is 5.73 Å². The van der Waals surface area contributed by atoms with Gasteiger partial charge in [-0.05, 0) is 73.1 Å². The standard InChI is InChI=1S/C27H31N3O2S/c28-26(31)27(13-16-32-17-14-27)22-6-3-7-24(18-22)33-23-10-8-21(9-11-23)25-12-15-29-30(25)19-20-4-1-2-5-20/h3,6-12,15,18,20H,1-2,4-5,13-14,16-17,19H2,(H2,28,31). The second-order valence-corrected chi connectivity index (χ2v) is 10.4. The summed E-state index contributed by atoms with van der Waals surface area (Å²) >= 11 is 1.71.